The number of hydrogen-bond acceptors (Lipinski definition) is 4. The van der Waals surface area contributed by atoms with Gasteiger partial charge in [0.05, 0.1) is 6.54 Å². The Kier molecular flexibility index (Phi) is 6.14. The zero-order chi connectivity index (χ0) is 16.0. The van der Waals surface area contributed by atoms with Crippen LogP contribution >= 0.6 is 0 Å². The normalized spacial score (nSPS) is 16.6. The Labute approximate surface area is 125 Å². The van der Waals surface area contributed by atoms with Crippen LogP contribution in [0.2, 0.25) is 0 Å². The molecule has 1 fully saturated rings. The van der Waals surface area contributed by atoms with Crippen LogP contribution in [0, 0.1) is 5.41 Å². The maximum Gasteiger partial charge on any atom is 0.317 e. The highest BCUT2D eigenvalue weighted by atomic mass is 16.4. The highest BCUT2D eigenvalue weighted by molar-refractivity contribution is 5.82. The van der Waals surface area contributed by atoms with Crippen LogP contribution in [0.1, 0.15) is 27.2 Å². The lowest BCUT2D eigenvalue weighted by atomic mass is 9.96. The van der Waals surface area contributed by atoms with Crippen molar-refractivity contribution >= 4 is 17.8 Å². The lowest BCUT2D eigenvalue weighted by Gasteiger charge is -2.34. The molecule has 0 aromatic carbocycles. The van der Waals surface area contributed by atoms with E-state index in [2.05, 4.69) is 5.32 Å². The van der Waals surface area contributed by atoms with Crippen molar-refractivity contribution in [2.45, 2.75) is 27.2 Å². The zero-order valence-electron chi connectivity index (χ0n) is 13.0. The van der Waals surface area contributed by atoms with Crippen molar-refractivity contribution in [1.82, 2.24) is 15.1 Å². The second kappa shape index (κ2) is 7.40. The number of amides is 2. The third-order valence-corrected chi connectivity index (χ3v) is 3.39. The molecule has 1 rings (SSSR count). The van der Waals surface area contributed by atoms with E-state index in [-0.39, 0.29) is 24.8 Å². The minimum absolute atomic E-state index is 0.000755. The molecule has 7 nitrogen and oxygen atoms in total. The lowest BCUT2D eigenvalue weighted by Crippen LogP contribution is -2.50. The molecule has 120 valence electrons. The van der Waals surface area contributed by atoms with Gasteiger partial charge in [0, 0.05) is 44.6 Å². The highest BCUT2D eigenvalue weighted by Gasteiger charge is 2.23. The Morgan fingerprint density at radius 1 is 1.10 bits per heavy atom. The molecular formula is C14H25N3O4. The SMILES string of the molecule is CC(C)(C)C(=O)NCCC(=O)N1CCN(CC(=O)O)CC1. The number of carbonyl (C=O) groups is 3. The van der Waals surface area contributed by atoms with Crippen molar-refractivity contribution in [2.75, 3.05) is 39.3 Å². The summed E-state index contributed by atoms with van der Waals surface area (Å²) in [5.41, 5.74) is -0.453. The second-order valence-electron chi connectivity index (χ2n) is 6.31. The van der Waals surface area contributed by atoms with Gasteiger partial charge < -0.3 is 15.3 Å². The van der Waals surface area contributed by atoms with E-state index < -0.39 is 11.4 Å². The summed E-state index contributed by atoms with van der Waals surface area (Å²) >= 11 is 0. The summed E-state index contributed by atoms with van der Waals surface area (Å²) in [6, 6.07) is 0. The van der Waals surface area contributed by atoms with Crippen molar-refractivity contribution in [1.29, 1.82) is 0 Å². The van der Waals surface area contributed by atoms with Crippen molar-refractivity contribution < 1.29 is 19.5 Å². The summed E-state index contributed by atoms with van der Waals surface area (Å²) in [6.45, 7) is 8.06. The first-order valence-electron chi connectivity index (χ1n) is 7.20. The summed E-state index contributed by atoms with van der Waals surface area (Å²) in [5.74, 6) is -0.916. The van der Waals surface area contributed by atoms with E-state index in [0.717, 1.165) is 0 Å². The molecule has 0 atom stereocenters. The number of carboxylic acids is 1. The van der Waals surface area contributed by atoms with E-state index in [0.29, 0.717) is 32.7 Å². The predicted molar refractivity (Wildman–Crippen MR) is 77.7 cm³/mol. The van der Waals surface area contributed by atoms with E-state index >= 15 is 0 Å². The van der Waals surface area contributed by atoms with Gasteiger partial charge in [0.1, 0.15) is 0 Å². The number of piperazine rings is 1. The van der Waals surface area contributed by atoms with Crippen molar-refractivity contribution in [3.63, 3.8) is 0 Å². The Bertz CT molecular complexity index is 396. The van der Waals surface area contributed by atoms with Crippen LogP contribution in [-0.2, 0) is 14.4 Å². The molecule has 0 aliphatic carbocycles. The Balaban J connectivity index is 2.25. The smallest absolute Gasteiger partial charge is 0.317 e. The van der Waals surface area contributed by atoms with Gasteiger partial charge in [-0.3, -0.25) is 19.3 Å². The molecule has 7 heteroatoms. The third kappa shape index (κ3) is 6.12. The topological polar surface area (TPSA) is 90.0 Å². The maximum absolute atomic E-state index is 12.0. The van der Waals surface area contributed by atoms with E-state index in [9.17, 15) is 14.4 Å². The number of aliphatic carboxylic acids is 1. The monoisotopic (exact) mass is 299 g/mol. The number of nitrogens with one attached hydrogen (secondary N) is 1. The average Bonchev–Trinajstić information content (AvgIpc) is 2.37. The van der Waals surface area contributed by atoms with E-state index in [4.69, 9.17) is 5.11 Å². The van der Waals surface area contributed by atoms with Gasteiger partial charge in [-0.2, -0.15) is 0 Å². The summed E-state index contributed by atoms with van der Waals surface area (Å²) in [7, 11) is 0. The average molecular weight is 299 g/mol. The minimum Gasteiger partial charge on any atom is -0.480 e. The van der Waals surface area contributed by atoms with Gasteiger partial charge in [-0.15, -0.1) is 0 Å². The van der Waals surface area contributed by atoms with Crippen LogP contribution < -0.4 is 5.32 Å². The molecule has 0 saturated carbocycles. The van der Waals surface area contributed by atoms with Gasteiger partial charge in [-0.25, -0.2) is 0 Å². The summed E-state index contributed by atoms with van der Waals surface area (Å²) in [4.78, 5) is 37.8. The van der Waals surface area contributed by atoms with Gasteiger partial charge >= 0.3 is 5.97 Å². The number of hydrogen-bond donors (Lipinski definition) is 2. The van der Waals surface area contributed by atoms with Gasteiger partial charge in [0.25, 0.3) is 0 Å². The van der Waals surface area contributed by atoms with Crippen LogP contribution in [-0.4, -0.2) is 72.0 Å². The van der Waals surface area contributed by atoms with Crippen LogP contribution in [0.4, 0.5) is 0 Å². The van der Waals surface area contributed by atoms with Crippen molar-refractivity contribution in [3.05, 3.63) is 0 Å². The van der Waals surface area contributed by atoms with Gasteiger partial charge in [0.2, 0.25) is 11.8 Å². The van der Waals surface area contributed by atoms with Gasteiger partial charge in [-0.1, -0.05) is 20.8 Å². The first-order chi connectivity index (χ1) is 9.70. The molecule has 0 spiro atoms. The first kappa shape index (κ1) is 17.4. The van der Waals surface area contributed by atoms with Crippen LogP contribution in [0.3, 0.4) is 0 Å². The van der Waals surface area contributed by atoms with Crippen LogP contribution in [0.5, 0.6) is 0 Å². The zero-order valence-corrected chi connectivity index (χ0v) is 13.0. The van der Waals surface area contributed by atoms with E-state index in [1.807, 2.05) is 25.7 Å². The molecule has 21 heavy (non-hydrogen) atoms. The Hall–Kier alpha value is -1.63. The molecule has 0 unspecified atom stereocenters. The second-order valence-corrected chi connectivity index (χ2v) is 6.31. The molecule has 0 aromatic rings. The fourth-order valence-corrected chi connectivity index (χ4v) is 2.05. The molecule has 1 aliphatic heterocycles. The largest absolute Gasteiger partial charge is 0.480 e. The van der Waals surface area contributed by atoms with Crippen molar-refractivity contribution in [2.24, 2.45) is 5.41 Å². The van der Waals surface area contributed by atoms with Gasteiger partial charge in [-0.05, 0) is 0 Å². The van der Waals surface area contributed by atoms with E-state index in [1.54, 1.807) is 4.90 Å². The molecule has 1 aliphatic rings. The molecule has 2 amide bonds. The number of carboxylic acid groups (broad SMARTS) is 1. The number of carbonyl (C=O) groups excluding carboxylic acids is 2. The molecular weight excluding hydrogens is 274 g/mol. The Morgan fingerprint density at radius 3 is 2.14 bits per heavy atom. The maximum atomic E-state index is 12.0. The number of rotatable bonds is 5. The molecule has 1 heterocycles. The van der Waals surface area contributed by atoms with Crippen molar-refractivity contribution in [3.8, 4) is 0 Å². The molecule has 1 saturated heterocycles. The van der Waals surface area contributed by atoms with Crippen LogP contribution in [0.15, 0.2) is 0 Å². The highest BCUT2D eigenvalue weighted by Crippen LogP contribution is 2.12. The molecule has 0 bridgehead atoms. The quantitative estimate of drug-likeness (QED) is 0.732. The summed E-state index contributed by atoms with van der Waals surface area (Å²) < 4.78 is 0. The first-order valence-corrected chi connectivity index (χ1v) is 7.20. The fourth-order valence-electron chi connectivity index (χ4n) is 2.05. The molecule has 0 radical (unpaired) electrons. The van der Waals surface area contributed by atoms with E-state index in [1.165, 1.54) is 0 Å². The lowest BCUT2D eigenvalue weighted by molar-refractivity contribution is -0.139. The standard InChI is InChI=1S/C14H25N3O4/c1-14(2,3)13(21)15-5-4-11(18)17-8-6-16(7-9-17)10-12(19)20/h4-10H2,1-3H3,(H,15,21)(H,19,20). The molecule has 0 aromatic heterocycles. The molecule has 2 N–H and O–H groups in total. The summed E-state index contributed by atoms with van der Waals surface area (Å²) in [5, 5.41) is 11.5. The van der Waals surface area contributed by atoms with Crippen LogP contribution in [0.25, 0.3) is 0 Å². The minimum atomic E-state index is -0.848. The fraction of sp³-hybridized carbons (Fsp3) is 0.786. The summed E-state index contributed by atoms with van der Waals surface area (Å²) in [6.07, 6.45) is 0.279. The Morgan fingerprint density at radius 2 is 1.67 bits per heavy atom. The van der Waals surface area contributed by atoms with Gasteiger partial charge in [0.15, 0.2) is 0 Å². The third-order valence-electron chi connectivity index (χ3n) is 3.39. The predicted octanol–water partition coefficient (Wildman–Crippen LogP) is -0.232. The number of nitrogens with zero attached hydrogens (tertiary/aromatic N) is 2.